The number of hydrogen-bond donors (Lipinski definition) is 2. The lowest BCUT2D eigenvalue weighted by Crippen LogP contribution is -2.52. The number of piperidine rings is 1. The molecule has 1 fully saturated rings. The fourth-order valence-corrected chi connectivity index (χ4v) is 4.06. The molecule has 1 aliphatic rings. The maximum atomic E-state index is 12.8. The van der Waals surface area contributed by atoms with Crippen LogP contribution in [0.3, 0.4) is 0 Å². The molecule has 210 valence electrons. The van der Waals surface area contributed by atoms with Crippen molar-refractivity contribution in [1.29, 1.82) is 0 Å². The molecule has 9 nitrogen and oxygen atoms in total. The number of benzene rings is 1. The number of carboxylic acid groups (broad SMARTS) is 1. The van der Waals surface area contributed by atoms with E-state index in [9.17, 15) is 22.8 Å². The van der Waals surface area contributed by atoms with E-state index in [0.717, 1.165) is 5.56 Å². The number of carbonyl (C=O) groups excluding carboxylic acids is 2. The Hall–Kier alpha value is -2.44. The highest BCUT2D eigenvalue weighted by atomic mass is 35.5. The number of nitrogens with zero attached hydrogens (tertiary/aromatic N) is 1. The number of carbonyl (C=O) groups is 3. The fourth-order valence-electron chi connectivity index (χ4n) is 3.59. The SMILES string of the molecule is COC(=O)CNC[C@@H]1C[C@H](c2c(OC)ccc(Cl)c2Cl)CCN1C(=O)OC(C)(C)C.O=C(O)C(F)(F)F. The number of hydrogen-bond acceptors (Lipinski definition) is 7. The zero-order valence-electron chi connectivity index (χ0n) is 21.1. The van der Waals surface area contributed by atoms with Gasteiger partial charge < -0.3 is 29.5 Å². The van der Waals surface area contributed by atoms with Crippen LogP contribution in [0.2, 0.25) is 10.0 Å². The van der Waals surface area contributed by atoms with Crippen LogP contribution >= 0.6 is 23.2 Å². The number of amides is 1. The van der Waals surface area contributed by atoms with Crippen molar-refractivity contribution in [2.45, 2.75) is 57.3 Å². The summed E-state index contributed by atoms with van der Waals surface area (Å²) < 4.78 is 47.5. The molecule has 0 spiro atoms. The molecule has 2 atom stereocenters. The normalized spacial score (nSPS) is 17.8. The van der Waals surface area contributed by atoms with Gasteiger partial charge in [0.05, 0.1) is 30.8 Å². The van der Waals surface area contributed by atoms with Gasteiger partial charge in [-0.1, -0.05) is 23.2 Å². The molecule has 2 rings (SSSR count). The van der Waals surface area contributed by atoms with Gasteiger partial charge in [0.25, 0.3) is 0 Å². The van der Waals surface area contributed by atoms with Gasteiger partial charge in [-0.05, 0) is 51.7 Å². The number of likely N-dealkylation sites (tertiary alicyclic amines) is 1. The van der Waals surface area contributed by atoms with Crippen molar-refractivity contribution in [3.63, 3.8) is 0 Å². The van der Waals surface area contributed by atoms with E-state index < -0.39 is 17.7 Å². The van der Waals surface area contributed by atoms with Crippen LogP contribution in [0.4, 0.5) is 18.0 Å². The second-order valence-corrected chi connectivity index (χ2v) is 9.82. The Kier molecular flexibility index (Phi) is 12.3. The van der Waals surface area contributed by atoms with E-state index in [1.54, 1.807) is 24.1 Å². The van der Waals surface area contributed by atoms with Crippen LogP contribution in [0.5, 0.6) is 5.75 Å². The summed E-state index contributed by atoms with van der Waals surface area (Å²) in [6.45, 7) is 6.44. The molecule has 0 bridgehead atoms. The highest BCUT2D eigenvalue weighted by molar-refractivity contribution is 6.42. The Balaban J connectivity index is 0.000000856. The number of alkyl halides is 3. The third-order valence-electron chi connectivity index (χ3n) is 5.18. The first-order valence-electron chi connectivity index (χ1n) is 11.1. The standard InChI is InChI=1S/C21H30Cl2N2O5.C2HF3O2/c1-21(2,3)30-20(27)25-9-8-13(10-14(25)11-24-12-17(26)29-5)18-16(28-4)7-6-15(22)19(18)23;3-2(4,5)1(6)7/h6-7,13-14,24H,8-12H2,1-5H3;(H,6,7)/t13-,14+;/m1./s1. The predicted molar refractivity (Wildman–Crippen MR) is 130 cm³/mol. The van der Waals surface area contributed by atoms with Gasteiger partial charge in [-0.25, -0.2) is 9.59 Å². The van der Waals surface area contributed by atoms with Crippen LogP contribution in [0.1, 0.15) is 45.1 Å². The largest absolute Gasteiger partial charge is 0.496 e. The summed E-state index contributed by atoms with van der Waals surface area (Å²) in [6.07, 6.45) is -4.16. The Morgan fingerprint density at radius 3 is 2.24 bits per heavy atom. The van der Waals surface area contributed by atoms with Crippen LogP contribution in [0.15, 0.2) is 12.1 Å². The monoisotopic (exact) mass is 574 g/mol. The van der Waals surface area contributed by atoms with Gasteiger partial charge in [0, 0.05) is 24.7 Å². The Morgan fingerprint density at radius 2 is 1.76 bits per heavy atom. The average molecular weight is 575 g/mol. The van der Waals surface area contributed by atoms with E-state index >= 15 is 0 Å². The fraction of sp³-hybridized carbons (Fsp3) is 0.609. The molecule has 1 aromatic rings. The van der Waals surface area contributed by atoms with Gasteiger partial charge in [0.2, 0.25) is 0 Å². The number of carboxylic acids is 1. The van der Waals surface area contributed by atoms with E-state index in [-0.39, 0.29) is 30.6 Å². The number of nitrogens with one attached hydrogen (secondary N) is 1. The minimum absolute atomic E-state index is 0.0368. The smallest absolute Gasteiger partial charge is 0.490 e. The summed E-state index contributed by atoms with van der Waals surface area (Å²) in [7, 11) is 2.93. The average Bonchev–Trinajstić information content (AvgIpc) is 2.79. The molecule has 1 aliphatic heterocycles. The van der Waals surface area contributed by atoms with Crippen molar-refractivity contribution >= 4 is 41.2 Å². The molecule has 0 aromatic heterocycles. The number of ether oxygens (including phenoxy) is 3. The molecule has 1 saturated heterocycles. The van der Waals surface area contributed by atoms with E-state index in [4.69, 9.17) is 42.6 Å². The molecule has 0 radical (unpaired) electrons. The molecule has 37 heavy (non-hydrogen) atoms. The van der Waals surface area contributed by atoms with Gasteiger partial charge in [-0.3, -0.25) is 4.79 Å². The molecule has 2 N–H and O–H groups in total. The maximum Gasteiger partial charge on any atom is 0.490 e. The number of methoxy groups -OCH3 is 2. The van der Waals surface area contributed by atoms with Gasteiger partial charge in [0.1, 0.15) is 11.4 Å². The van der Waals surface area contributed by atoms with E-state index in [1.165, 1.54) is 7.11 Å². The van der Waals surface area contributed by atoms with Crippen LogP contribution in [0.25, 0.3) is 0 Å². The first kappa shape index (κ1) is 32.6. The second-order valence-electron chi connectivity index (χ2n) is 9.04. The molecule has 0 saturated carbocycles. The first-order valence-corrected chi connectivity index (χ1v) is 11.9. The quantitative estimate of drug-likeness (QED) is 0.462. The van der Waals surface area contributed by atoms with Crippen molar-refractivity contribution < 1.29 is 46.9 Å². The van der Waals surface area contributed by atoms with E-state index in [1.807, 2.05) is 20.8 Å². The summed E-state index contributed by atoms with van der Waals surface area (Å²) in [4.78, 5) is 34.8. The topological polar surface area (TPSA) is 114 Å². The Morgan fingerprint density at radius 1 is 1.16 bits per heavy atom. The third-order valence-corrected chi connectivity index (χ3v) is 6.00. The molecular formula is C23H31Cl2F3N2O7. The Bertz CT molecular complexity index is 955. The molecule has 1 heterocycles. The van der Waals surface area contributed by atoms with Crippen LogP contribution in [-0.4, -0.2) is 79.7 Å². The lowest BCUT2D eigenvalue weighted by atomic mass is 9.84. The van der Waals surface area contributed by atoms with Gasteiger partial charge >= 0.3 is 24.2 Å². The van der Waals surface area contributed by atoms with Crippen molar-refractivity contribution in [2.24, 2.45) is 0 Å². The lowest BCUT2D eigenvalue weighted by Gasteiger charge is -2.40. The number of esters is 1. The molecule has 14 heteroatoms. The zero-order valence-corrected chi connectivity index (χ0v) is 22.6. The molecular weight excluding hydrogens is 544 g/mol. The highest BCUT2D eigenvalue weighted by Gasteiger charge is 2.38. The molecule has 1 aromatic carbocycles. The van der Waals surface area contributed by atoms with Crippen LogP contribution in [0, 0.1) is 0 Å². The summed E-state index contributed by atoms with van der Waals surface area (Å²) >= 11 is 12.8. The number of rotatable bonds is 6. The molecule has 0 unspecified atom stereocenters. The number of halogens is 5. The van der Waals surface area contributed by atoms with Crippen molar-refractivity contribution in [2.75, 3.05) is 33.9 Å². The van der Waals surface area contributed by atoms with Gasteiger partial charge in [-0.2, -0.15) is 13.2 Å². The van der Waals surface area contributed by atoms with Crippen molar-refractivity contribution in [3.8, 4) is 5.75 Å². The van der Waals surface area contributed by atoms with Gasteiger partial charge in [0.15, 0.2) is 0 Å². The highest BCUT2D eigenvalue weighted by Crippen LogP contribution is 2.43. The van der Waals surface area contributed by atoms with E-state index in [0.29, 0.717) is 41.7 Å². The summed E-state index contributed by atoms with van der Waals surface area (Å²) in [5, 5.41) is 11.1. The first-order chi connectivity index (χ1) is 17.0. The van der Waals surface area contributed by atoms with Crippen LogP contribution in [-0.2, 0) is 19.1 Å². The summed E-state index contributed by atoms with van der Waals surface area (Å²) in [5.41, 5.74) is 0.241. The zero-order chi connectivity index (χ0) is 28.6. The summed E-state index contributed by atoms with van der Waals surface area (Å²) in [6, 6.07) is 3.30. The number of aliphatic carboxylic acids is 1. The van der Waals surface area contributed by atoms with Crippen LogP contribution < -0.4 is 10.1 Å². The lowest BCUT2D eigenvalue weighted by molar-refractivity contribution is -0.192. The third kappa shape index (κ3) is 10.4. The van der Waals surface area contributed by atoms with Crippen molar-refractivity contribution in [3.05, 3.63) is 27.7 Å². The summed E-state index contributed by atoms with van der Waals surface area (Å²) in [5.74, 6) is -2.42. The minimum atomic E-state index is -5.08. The van der Waals surface area contributed by atoms with E-state index in [2.05, 4.69) is 10.1 Å². The molecule has 0 aliphatic carbocycles. The van der Waals surface area contributed by atoms with Gasteiger partial charge in [-0.15, -0.1) is 0 Å². The molecule has 1 amide bonds. The predicted octanol–water partition coefficient (Wildman–Crippen LogP) is 4.88. The maximum absolute atomic E-state index is 12.8. The minimum Gasteiger partial charge on any atom is -0.496 e. The second kappa shape index (κ2) is 13.9. The Labute approximate surface area is 223 Å². The van der Waals surface area contributed by atoms with Crippen molar-refractivity contribution in [1.82, 2.24) is 10.2 Å².